The molecule has 1 heterocycles. The second kappa shape index (κ2) is 9.71. The van der Waals surface area contributed by atoms with Gasteiger partial charge in [-0.2, -0.15) is 0 Å². The van der Waals surface area contributed by atoms with Crippen LogP contribution in [-0.4, -0.2) is 35.6 Å². The van der Waals surface area contributed by atoms with Crippen molar-refractivity contribution in [3.05, 3.63) is 93.7 Å². The Morgan fingerprint density at radius 3 is 2.61 bits per heavy atom. The maximum Gasteiger partial charge on any atom is 0.254 e. The summed E-state index contributed by atoms with van der Waals surface area (Å²) in [7, 11) is 1.66. The summed E-state index contributed by atoms with van der Waals surface area (Å²) in [5.41, 5.74) is 4.28. The molecule has 1 aromatic heterocycles. The predicted molar refractivity (Wildman–Crippen MR) is 115 cm³/mol. The van der Waals surface area contributed by atoms with Crippen molar-refractivity contribution in [1.29, 1.82) is 0 Å². The average molecular weight is 441 g/mol. The quantitative estimate of drug-likeness (QED) is 0.499. The molecule has 3 aromatic rings. The number of halogens is 1. The molecule has 0 aliphatic carbocycles. The summed E-state index contributed by atoms with van der Waals surface area (Å²) in [6, 6.07) is 20.1. The third-order valence-corrected chi connectivity index (χ3v) is 5.18. The number of aryl methyl sites for hydroxylation is 1. The molecular formula is C23H25BrN2O2. The Morgan fingerprint density at radius 1 is 1.11 bits per heavy atom. The average Bonchev–Trinajstić information content (AvgIpc) is 3.12. The fourth-order valence-corrected chi connectivity index (χ4v) is 3.44. The van der Waals surface area contributed by atoms with Crippen molar-refractivity contribution in [2.24, 2.45) is 0 Å². The van der Waals surface area contributed by atoms with Crippen LogP contribution in [0.3, 0.4) is 0 Å². The van der Waals surface area contributed by atoms with Gasteiger partial charge >= 0.3 is 0 Å². The molecule has 0 saturated carbocycles. The number of carbonyl (C=O) groups excluding carboxylic acids is 1. The Kier molecular flexibility index (Phi) is 7.06. The molecule has 0 unspecified atom stereocenters. The Hall–Kier alpha value is -2.37. The summed E-state index contributed by atoms with van der Waals surface area (Å²) in [5, 5.41) is 0. The van der Waals surface area contributed by atoms with E-state index in [2.05, 4.69) is 63.9 Å². The highest BCUT2D eigenvalue weighted by atomic mass is 79.9. The standard InChI is InChI=1S/C23H25BrN2O2/c1-18-5-3-6-19(15-18)16-25-12-4-7-22(25)17-26(13-14-28-2)23(27)20-8-10-21(24)11-9-20/h3-12,15H,13-14,16-17H2,1-2H3. The van der Waals surface area contributed by atoms with Crippen LogP contribution in [0.2, 0.25) is 0 Å². The second-order valence-corrected chi connectivity index (χ2v) is 7.76. The number of carbonyl (C=O) groups is 1. The summed E-state index contributed by atoms with van der Waals surface area (Å²) >= 11 is 3.42. The molecule has 0 spiro atoms. The first-order valence-corrected chi connectivity index (χ1v) is 10.1. The lowest BCUT2D eigenvalue weighted by atomic mass is 10.1. The predicted octanol–water partition coefficient (Wildman–Crippen LogP) is 4.90. The lowest BCUT2D eigenvalue weighted by molar-refractivity contribution is 0.0676. The first-order chi connectivity index (χ1) is 13.6. The Morgan fingerprint density at radius 2 is 1.89 bits per heavy atom. The minimum atomic E-state index is 0.00727. The van der Waals surface area contributed by atoms with Gasteiger partial charge in [0.15, 0.2) is 0 Å². The topological polar surface area (TPSA) is 34.5 Å². The number of nitrogens with zero attached hydrogens (tertiary/aromatic N) is 2. The van der Waals surface area contributed by atoms with Crippen molar-refractivity contribution < 1.29 is 9.53 Å². The van der Waals surface area contributed by atoms with Crippen LogP contribution in [0.5, 0.6) is 0 Å². The number of hydrogen-bond acceptors (Lipinski definition) is 2. The summed E-state index contributed by atoms with van der Waals surface area (Å²) in [6.07, 6.45) is 2.07. The molecule has 28 heavy (non-hydrogen) atoms. The van der Waals surface area contributed by atoms with Gasteiger partial charge in [-0.05, 0) is 48.9 Å². The molecule has 0 saturated heterocycles. The van der Waals surface area contributed by atoms with Gasteiger partial charge < -0.3 is 14.2 Å². The van der Waals surface area contributed by atoms with Crippen molar-refractivity contribution in [2.45, 2.75) is 20.0 Å². The van der Waals surface area contributed by atoms with Gasteiger partial charge in [0.2, 0.25) is 0 Å². The molecule has 0 radical (unpaired) electrons. The minimum Gasteiger partial charge on any atom is -0.383 e. The summed E-state index contributed by atoms with van der Waals surface area (Å²) < 4.78 is 8.38. The lowest BCUT2D eigenvalue weighted by Gasteiger charge is -2.23. The maximum atomic E-state index is 13.0. The van der Waals surface area contributed by atoms with Gasteiger partial charge in [0, 0.05) is 42.1 Å². The SMILES string of the molecule is COCCN(Cc1cccn1Cc1cccc(C)c1)C(=O)c1ccc(Br)cc1. The van der Waals surface area contributed by atoms with Gasteiger partial charge in [0.1, 0.15) is 0 Å². The molecule has 146 valence electrons. The zero-order valence-electron chi connectivity index (χ0n) is 16.3. The van der Waals surface area contributed by atoms with Crippen molar-refractivity contribution in [1.82, 2.24) is 9.47 Å². The number of hydrogen-bond donors (Lipinski definition) is 0. The third-order valence-electron chi connectivity index (χ3n) is 4.66. The van der Waals surface area contributed by atoms with E-state index in [4.69, 9.17) is 4.74 Å². The molecule has 0 bridgehead atoms. The molecule has 0 atom stereocenters. The monoisotopic (exact) mass is 440 g/mol. The highest BCUT2D eigenvalue weighted by Gasteiger charge is 2.17. The zero-order chi connectivity index (χ0) is 19.9. The van der Waals surface area contributed by atoms with Gasteiger partial charge in [-0.1, -0.05) is 45.8 Å². The number of rotatable bonds is 8. The molecule has 5 heteroatoms. The van der Waals surface area contributed by atoms with Crippen LogP contribution < -0.4 is 0 Å². The second-order valence-electron chi connectivity index (χ2n) is 6.84. The largest absolute Gasteiger partial charge is 0.383 e. The number of benzene rings is 2. The normalized spacial score (nSPS) is 10.8. The first-order valence-electron chi connectivity index (χ1n) is 9.30. The van der Waals surface area contributed by atoms with Gasteiger partial charge in [0.25, 0.3) is 5.91 Å². The van der Waals surface area contributed by atoms with E-state index in [9.17, 15) is 4.79 Å². The van der Waals surface area contributed by atoms with Crippen LogP contribution in [0.4, 0.5) is 0 Å². The van der Waals surface area contributed by atoms with E-state index in [-0.39, 0.29) is 5.91 Å². The van der Waals surface area contributed by atoms with Crippen molar-refractivity contribution in [2.75, 3.05) is 20.3 Å². The van der Waals surface area contributed by atoms with Crippen molar-refractivity contribution >= 4 is 21.8 Å². The molecule has 0 N–H and O–H groups in total. The van der Waals surface area contributed by atoms with E-state index >= 15 is 0 Å². The van der Waals surface area contributed by atoms with Crippen LogP contribution in [0, 0.1) is 6.92 Å². The molecule has 2 aromatic carbocycles. The van der Waals surface area contributed by atoms with Crippen LogP contribution in [0.25, 0.3) is 0 Å². The molecule has 0 aliphatic rings. The number of methoxy groups -OCH3 is 1. The van der Waals surface area contributed by atoms with Crippen LogP contribution in [-0.2, 0) is 17.8 Å². The minimum absolute atomic E-state index is 0.00727. The van der Waals surface area contributed by atoms with Gasteiger partial charge in [-0.15, -0.1) is 0 Å². The van der Waals surface area contributed by atoms with E-state index in [1.807, 2.05) is 35.2 Å². The molecular weight excluding hydrogens is 416 g/mol. The zero-order valence-corrected chi connectivity index (χ0v) is 17.9. The van der Waals surface area contributed by atoms with E-state index < -0.39 is 0 Å². The smallest absolute Gasteiger partial charge is 0.254 e. The summed E-state index contributed by atoms with van der Waals surface area (Å²) in [6.45, 7) is 4.47. The fourth-order valence-electron chi connectivity index (χ4n) is 3.18. The summed E-state index contributed by atoms with van der Waals surface area (Å²) in [5.74, 6) is 0.00727. The molecule has 0 fully saturated rings. The van der Waals surface area contributed by atoms with E-state index in [1.165, 1.54) is 11.1 Å². The van der Waals surface area contributed by atoms with E-state index in [0.717, 1.165) is 16.7 Å². The highest BCUT2D eigenvalue weighted by Crippen LogP contribution is 2.16. The first kappa shape index (κ1) is 20.4. The van der Waals surface area contributed by atoms with Gasteiger partial charge in [-0.25, -0.2) is 0 Å². The Balaban J connectivity index is 1.78. The Bertz CT molecular complexity index is 918. The molecule has 3 rings (SSSR count). The van der Waals surface area contributed by atoms with Crippen LogP contribution in [0.15, 0.2) is 71.3 Å². The lowest BCUT2D eigenvalue weighted by Crippen LogP contribution is -2.34. The maximum absolute atomic E-state index is 13.0. The van der Waals surface area contributed by atoms with E-state index in [1.54, 1.807) is 7.11 Å². The number of ether oxygens (including phenoxy) is 1. The number of amides is 1. The van der Waals surface area contributed by atoms with Gasteiger partial charge in [0.05, 0.1) is 13.2 Å². The van der Waals surface area contributed by atoms with Crippen molar-refractivity contribution in [3.8, 4) is 0 Å². The molecule has 1 amide bonds. The van der Waals surface area contributed by atoms with Crippen LogP contribution >= 0.6 is 15.9 Å². The van der Waals surface area contributed by atoms with Gasteiger partial charge in [-0.3, -0.25) is 4.79 Å². The number of aromatic nitrogens is 1. The fraction of sp³-hybridized carbons (Fsp3) is 0.261. The Labute approximate surface area is 174 Å². The molecule has 0 aliphatic heterocycles. The van der Waals surface area contributed by atoms with Crippen molar-refractivity contribution in [3.63, 3.8) is 0 Å². The highest BCUT2D eigenvalue weighted by molar-refractivity contribution is 9.10. The van der Waals surface area contributed by atoms with E-state index in [0.29, 0.717) is 25.3 Å². The molecule has 4 nitrogen and oxygen atoms in total. The summed E-state index contributed by atoms with van der Waals surface area (Å²) in [4.78, 5) is 14.9. The third kappa shape index (κ3) is 5.33. The van der Waals surface area contributed by atoms with Crippen LogP contribution in [0.1, 0.15) is 27.2 Å².